The number of nitriles is 1. The molecule has 2 fully saturated rings. The second-order valence-corrected chi connectivity index (χ2v) is 10.6. The Hall–Kier alpha value is -3.16. The molecule has 2 aliphatic rings. The lowest BCUT2D eigenvalue weighted by molar-refractivity contribution is -0.137. The van der Waals surface area contributed by atoms with Gasteiger partial charge in [-0.3, -0.25) is 0 Å². The fourth-order valence-electron chi connectivity index (χ4n) is 6.30. The van der Waals surface area contributed by atoms with Crippen molar-refractivity contribution < 1.29 is 27.4 Å². The predicted octanol–water partition coefficient (Wildman–Crippen LogP) is 6.32. The van der Waals surface area contributed by atoms with Crippen LogP contribution < -0.4 is 14.8 Å². The lowest BCUT2D eigenvalue weighted by Crippen LogP contribution is -2.60. The van der Waals surface area contributed by atoms with Gasteiger partial charge in [-0.05, 0) is 75.7 Å². The van der Waals surface area contributed by atoms with Crippen molar-refractivity contribution in [2.45, 2.75) is 55.8 Å². The van der Waals surface area contributed by atoms with E-state index < -0.39 is 28.3 Å². The van der Waals surface area contributed by atoms with Gasteiger partial charge >= 0.3 is 12.2 Å². The molecule has 0 radical (unpaired) electrons. The Bertz CT molecular complexity index is 1280. The van der Waals surface area contributed by atoms with Crippen molar-refractivity contribution >= 4 is 23.3 Å². The van der Waals surface area contributed by atoms with Crippen LogP contribution in [0.25, 0.3) is 0 Å². The summed E-state index contributed by atoms with van der Waals surface area (Å²) >= 11 is 5.73. The van der Waals surface area contributed by atoms with Crippen LogP contribution in [0, 0.1) is 11.3 Å². The van der Waals surface area contributed by atoms with Crippen molar-refractivity contribution in [1.82, 2.24) is 9.80 Å². The molecule has 2 aromatic carbocycles. The number of ether oxygens (including phenoxy) is 2. The van der Waals surface area contributed by atoms with Crippen molar-refractivity contribution in [3.05, 3.63) is 52.5 Å². The van der Waals surface area contributed by atoms with Gasteiger partial charge in [0.05, 0.1) is 30.9 Å². The standard InChI is InChI=1S/C28H32ClF3N4O3/c1-5-36(25(37)34-19-7-8-21(29)20(15-19)28(30,31)32)26(17-33)10-11-27(12-13-35(2)24(27)16-26)18-6-9-22(38-3)23(14-18)39-4/h6-9,14-15,24H,5,10-13,16H2,1-4H3,(H,34,37)/t24-,26-,27+/m1/s1. The number of fused-ring (bicyclic) bond motifs is 1. The van der Waals surface area contributed by atoms with E-state index in [1.54, 1.807) is 21.1 Å². The second-order valence-electron chi connectivity index (χ2n) is 10.2. The minimum atomic E-state index is -4.67. The first-order valence-electron chi connectivity index (χ1n) is 12.7. The third kappa shape index (κ3) is 5.10. The van der Waals surface area contributed by atoms with Crippen molar-refractivity contribution in [3.63, 3.8) is 0 Å². The molecule has 0 bridgehead atoms. The Morgan fingerprint density at radius 1 is 1.18 bits per heavy atom. The van der Waals surface area contributed by atoms with Gasteiger partial charge in [0.25, 0.3) is 0 Å². The van der Waals surface area contributed by atoms with Crippen LogP contribution in [0.15, 0.2) is 36.4 Å². The van der Waals surface area contributed by atoms with Gasteiger partial charge in [0.15, 0.2) is 11.5 Å². The maximum Gasteiger partial charge on any atom is 0.417 e. The Morgan fingerprint density at radius 3 is 2.51 bits per heavy atom. The highest BCUT2D eigenvalue weighted by atomic mass is 35.5. The molecule has 1 aliphatic heterocycles. The van der Waals surface area contributed by atoms with Crippen LogP contribution in [0.5, 0.6) is 11.5 Å². The SMILES string of the molecule is CCN(C(=O)Nc1ccc(Cl)c(C(F)(F)F)c1)[C@]1(C#N)CC[C@@]2(c3ccc(OC)c(OC)c3)CCN(C)[C@@H]2C1. The number of carbonyl (C=O) groups is 1. The zero-order valence-electron chi connectivity index (χ0n) is 22.4. The predicted molar refractivity (Wildman–Crippen MR) is 142 cm³/mol. The minimum Gasteiger partial charge on any atom is -0.493 e. The summed E-state index contributed by atoms with van der Waals surface area (Å²) in [5, 5.41) is 12.6. The molecule has 0 unspecified atom stereocenters. The molecule has 2 amide bonds. The quantitative estimate of drug-likeness (QED) is 0.444. The largest absolute Gasteiger partial charge is 0.493 e. The summed E-state index contributed by atoms with van der Waals surface area (Å²) in [6, 6.07) is 10.9. The highest BCUT2D eigenvalue weighted by Gasteiger charge is 2.57. The van der Waals surface area contributed by atoms with E-state index in [1.807, 2.05) is 25.2 Å². The number of anilines is 1. The minimum absolute atomic E-state index is 0.0433. The average Bonchev–Trinajstić information content (AvgIpc) is 3.25. The van der Waals surface area contributed by atoms with Gasteiger partial charge in [-0.15, -0.1) is 0 Å². The summed E-state index contributed by atoms with van der Waals surface area (Å²) in [6.07, 6.45) is -2.33. The molecule has 1 N–H and O–H groups in total. The Kier molecular flexibility index (Phi) is 7.97. The highest BCUT2D eigenvalue weighted by molar-refractivity contribution is 6.31. The second kappa shape index (κ2) is 10.8. The molecule has 11 heteroatoms. The topological polar surface area (TPSA) is 77.8 Å². The Balaban J connectivity index is 1.64. The molecule has 1 heterocycles. The molecule has 2 aromatic rings. The van der Waals surface area contributed by atoms with Crippen LogP contribution in [0.2, 0.25) is 5.02 Å². The van der Waals surface area contributed by atoms with Crippen LogP contribution in [-0.4, -0.2) is 61.8 Å². The number of nitrogens with zero attached hydrogens (tertiary/aromatic N) is 3. The maximum absolute atomic E-state index is 13.4. The summed E-state index contributed by atoms with van der Waals surface area (Å²) in [4.78, 5) is 17.1. The number of hydrogen-bond acceptors (Lipinski definition) is 5. The van der Waals surface area contributed by atoms with Gasteiger partial charge in [-0.25, -0.2) is 4.79 Å². The molecule has 1 saturated carbocycles. The number of hydrogen-bond donors (Lipinski definition) is 1. The first kappa shape index (κ1) is 28.8. The zero-order chi connectivity index (χ0) is 28.6. The van der Waals surface area contributed by atoms with E-state index in [9.17, 15) is 23.2 Å². The van der Waals surface area contributed by atoms with Gasteiger partial charge in [0.1, 0.15) is 5.54 Å². The number of rotatable bonds is 6. The van der Waals surface area contributed by atoms with Crippen LogP contribution in [-0.2, 0) is 11.6 Å². The number of likely N-dealkylation sites (tertiary alicyclic amines) is 1. The van der Waals surface area contributed by atoms with Crippen LogP contribution in [0.1, 0.15) is 43.7 Å². The van der Waals surface area contributed by atoms with Crippen LogP contribution in [0.3, 0.4) is 0 Å². The van der Waals surface area contributed by atoms with Gasteiger partial charge in [-0.1, -0.05) is 17.7 Å². The van der Waals surface area contributed by atoms with E-state index in [2.05, 4.69) is 16.3 Å². The van der Waals surface area contributed by atoms with Crippen LogP contribution >= 0.6 is 11.6 Å². The van der Waals surface area contributed by atoms with Crippen molar-refractivity contribution in [2.75, 3.05) is 39.7 Å². The number of carbonyl (C=O) groups excluding carboxylic acids is 1. The molecule has 210 valence electrons. The first-order valence-corrected chi connectivity index (χ1v) is 13.1. The van der Waals surface area contributed by atoms with Gasteiger partial charge in [0.2, 0.25) is 0 Å². The van der Waals surface area contributed by atoms with Gasteiger partial charge in [-0.2, -0.15) is 18.4 Å². The fourth-order valence-corrected chi connectivity index (χ4v) is 6.53. The summed E-state index contributed by atoms with van der Waals surface area (Å²) in [7, 11) is 5.20. The number of benzene rings is 2. The van der Waals surface area contributed by atoms with Gasteiger partial charge < -0.3 is 24.6 Å². The van der Waals surface area contributed by atoms with E-state index in [4.69, 9.17) is 21.1 Å². The van der Waals surface area contributed by atoms with Crippen molar-refractivity contribution in [3.8, 4) is 17.6 Å². The fraction of sp³-hybridized carbons (Fsp3) is 0.500. The molecule has 0 aromatic heterocycles. The Morgan fingerprint density at radius 2 is 1.90 bits per heavy atom. The lowest BCUT2D eigenvalue weighted by Gasteiger charge is -2.51. The van der Waals surface area contributed by atoms with E-state index in [0.717, 1.165) is 30.7 Å². The number of amides is 2. The average molecular weight is 565 g/mol. The molecule has 3 atom stereocenters. The first-order chi connectivity index (χ1) is 18.4. The zero-order valence-corrected chi connectivity index (χ0v) is 23.1. The number of urea groups is 1. The third-order valence-electron chi connectivity index (χ3n) is 8.36. The van der Waals surface area contributed by atoms with Crippen LogP contribution in [0.4, 0.5) is 23.7 Å². The third-order valence-corrected chi connectivity index (χ3v) is 8.69. The Labute approximate surface area is 231 Å². The number of nitrogens with one attached hydrogen (secondary N) is 1. The van der Waals surface area contributed by atoms with E-state index in [-0.39, 0.29) is 23.7 Å². The number of alkyl halides is 3. The summed E-state index contributed by atoms with van der Waals surface area (Å²) in [5.74, 6) is 1.26. The normalized spacial score (nSPS) is 24.9. The molecule has 7 nitrogen and oxygen atoms in total. The molecule has 1 saturated heterocycles. The molecular formula is C28H32ClF3N4O3. The highest BCUT2D eigenvalue weighted by Crippen LogP contribution is 2.53. The lowest BCUT2D eigenvalue weighted by atomic mass is 9.61. The molecular weight excluding hydrogens is 533 g/mol. The summed E-state index contributed by atoms with van der Waals surface area (Å²) < 4.78 is 51.0. The van der Waals surface area contributed by atoms with E-state index in [1.165, 1.54) is 11.0 Å². The number of methoxy groups -OCH3 is 2. The van der Waals surface area contributed by atoms with E-state index in [0.29, 0.717) is 30.8 Å². The van der Waals surface area contributed by atoms with E-state index >= 15 is 0 Å². The number of likely N-dealkylation sites (N-methyl/N-ethyl adjacent to an activating group) is 1. The summed E-state index contributed by atoms with van der Waals surface area (Å²) in [5.41, 5.74) is -1.37. The molecule has 4 rings (SSSR count). The maximum atomic E-state index is 13.4. The molecule has 0 spiro atoms. The molecule has 1 aliphatic carbocycles. The smallest absolute Gasteiger partial charge is 0.417 e. The van der Waals surface area contributed by atoms with Crippen molar-refractivity contribution in [2.24, 2.45) is 0 Å². The molecule has 39 heavy (non-hydrogen) atoms. The summed E-state index contributed by atoms with van der Waals surface area (Å²) in [6.45, 7) is 2.79. The van der Waals surface area contributed by atoms with Gasteiger partial charge in [0, 0.05) is 30.1 Å². The monoisotopic (exact) mass is 564 g/mol. The van der Waals surface area contributed by atoms with Crippen molar-refractivity contribution in [1.29, 1.82) is 5.26 Å². The number of halogens is 4.